The molecule has 0 amide bonds. The first-order valence-electron chi connectivity index (χ1n) is 7.41. The maximum Gasteiger partial charge on any atom is 0.213 e. The Balaban J connectivity index is 2.01. The molecule has 0 spiro atoms. The van der Waals surface area contributed by atoms with Crippen molar-refractivity contribution in [2.24, 2.45) is 0 Å². The van der Waals surface area contributed by atoms with E-state index < -0.39 is 5.82 Å². The Morgan fingerprint density at radius 2 is 2.08 bits per heavy atom. The van der Waals surface area contributed by atoms with Gasteiger partial charge in [-0.15, -0.1) is 0 Å². The lowest BCUT2D eigenvalue weighted by atomic mass is 10.1. The molecule has 4 nitrogen and oxygen atoms in total. The van der Waals surface area contributed by atoms with Crippen LogP contribution in [-0.2, 0) is 4.74 Å². The third kappa shape index (κ3) is 3.17. The summed E-state index contributed by atoms with van der Waals surface area (Å²) in [4.78, 5) is 0. The number of aromatic nitrogens is 2. The van der Waals surface area contributed by atoms with Crippen molar-refractivity contribution in [3.63, 3.8) is 0 Å². The zero-order valence-corrected chi connectivity index (χ0v) is 12.9. The van der Waals surface area contributed by atoms with Crippen LogP contribution in [0.2, 0.25) is 0 Å². The number of halogens is 2. The average molecular weight is 327 g/mol. The topological polar surface area (TPSA) is 61.8 Å². The molecule has 3 aromatic rings. The van der Waals surface area contributed by atoms with Gasteiger partial charge in [-0.2, -0.15) is 5.10 Å². The van der Waals surface area contributed by atoms with Gasteiger partial charge in [0.05, 0.1) is 12.3 Å². The van der Waals surface area contributed by atoms with E-state index >= 15 is 0 Å². The fourth-order valence-electron chi connectivity index (χ4n) is 2.37. The monoisotopic (exact) mass is 327 g/mol. The van der Waals surface area contributed by atoms with Gasteiger partial charge in [-0.3, -0.25) is 10.5 Å². The van der Waals surface area contributed by atoms with E-state index in [1.54, 1.807) is 37.3 Å². The Kier molecular flexibility index (Phi) is 4.37. The maximum atomic E-state index is 14.2. The quantitative estimate of drug-likeness (QED) is 0.552. The van der Waals surface area contributed by atoms with Crippen LogP contribution in [0.15, 0.2) is 36.4 Å². The molecule has 0 aliphatic heterocycles. The number of hydrogen-bond acceptors (Lipinski definition) is 3. The lowest BCUT2D eigenvalue weighted by molar-refractivity contribution is 0.325. The van der Waals surface area contributed by atoms with Crippen molar-refractivity contribution in [3.8, 4) is 0 Å². The summed E-state index contributed by atoms with van der Waals surface area (Å²) in [6.45, 7) is 2.09. The first-order chi connectivity index (χ1) is 11.6. The standard InChI is InChI=1S/C18H15F2N3O/c1-2-24-18(21)12-9-14-16(22-23-17(14)15(20)10-12)7-6-11-4-3-5-13(19)8-11/h3-10,21H,2H2,1H3,(H,22,23). The molecular weight excluding hydrogens is 312 g/mol. The number of benzene rings is 2. The van der Waals surface area contributed by atoms with E-state index in [1.807, 2.05) is 0 Å². The summed E-state index contributed by atoms with van der Waals surface area (Å²) in [6.07, 6.45) is 3.39. The number of fused-ring (bicyclic) bond motifs is 1. The molecule has 0 unspecified atom stereocenters. The van der Waals surface area contributed by atoms with E-state index in [4.69, 9.17) is 10.1 Å². The van der Waals surface area contributed by atoms with Crippen molar-refractivity contribution < 1.29 is 13.5 Å². The molecule has 3 rings (SSSR count). The van der Waals surface area contributed by atoms with Crippen LogP contribution in [0.5, 0.6) is 0 Å². The second kappa shape index (κ2) is 6.62. The predicted octanol–water partition coefficient (Wildman–Crippen LogP) is 4.37. The zero-order chi connectivity index (χ0) is 17.1. The highest BCUT2D eigenvalue weighted by atomic mass is 19.1. The van der Waals surface area contributed by atoms with E-state index in [9.17, 15) is 8.78 Å². The van der Waals surface area contributed by atoms with Crippen LogP contribution in [0.25, 0.3) is 23.1 Å². The van der Waals surface area contributed by atoms with Gasteiger partial charge < -0.3 is 4.74 Å². The van der Waals surface area contributed by atoms with Crippen molar-refractivity contribution in [3.05, 3.63) is 64.9 Å². The van der Waals surface area contributed by atoms with Crippen LogP contribution in [0.1, 0.15) is 23.7 Å². The second-order valence-electron chi connectivity index (χ2n) is 5.14. The molecule has 122 valence electrons. The smallest absolute Gasteiger partial charge is 0.213 e. The molecular formula is C18H15F2N3O. The average Bonchev–Trinajstić information content (AvgIpc) is 2.97. The Hall–Kier alpha value is -3.02. The van der Waals surface area contributed by atoms with Gasteiger partial charge in [0, 0.05) is 10.9 Å². The number of aromatic amines is 1. The second-order valence-corrected chi connectivity index (χ2v) is 5.14. The number of nitrogens with zero attached hydrogens (tertiary/aromatic N) is 1. The van der Waals surface area contributed by atoms with Crippen molar-refractivity contribution >= 4 is 29.0 Å². The van der Waals surface area contributed by atoms with Gasteiger partial charge in [-0.1, -0.05) is 18.2 Å². The molecule has 24 heavy (non-hydrogen) atoms. The third-order valence-corrected chi connectivity index (χ3v) is 3.48. The number of nitrogens with one attached hydrogen (secondary N) is 2. The fourth-order valence-corrected chi connectivity index (χ4v) is 2.37. The van der Waals surface area contributed by atoms with Crippen LogP contribution in [-0.4, -0.2) is 22.7 Å². The third-order valence-electron chi connectivity index (χ3n) is 3.48. The van der Waals surface area contributed by atoms with Crippen LogP contribution in [0, 0.1) is 17.0 Å². The predicted molar refractivity (Wildman–Crippen MR) is 89.8 cm³/mol. The van der Waals surface area contributed by atoms with Crippen LogP contribution in [0.3, 0.4) is 0 Å². The summed E-state index contributed by atoms with van der Waals surface area (Å²) in [7, 11) is 0. The van der Waals surface area contributed by atoms with Gasteiger partial charge in [-0.25, -0.2) is 8.78 Å². The lowest BCUT2D eigenvalue weighted by Crippen LogP contribution is -2.05. The molecule has 1 heterocycles. The molecule has 1 aromatic heterocycles. The molecule has 0 fully saturated rings. The summed E-state index contributed by atoms with van der Waals surface area (Å²) < 4.78 is 32.5. The highest BCUT2D eigenvalue weighted by Crippen LogP contribution is 2.23. The van der Waals surface area contributed by atoms with E-state index in [-0.39, 0.29) is 17.2 Å². The highest BCUT2D eigenvalue weighted by Gasteiger charge is 2.13. The van der Waals surface area contributed by atoms with E-state index in [2.05, 4.69) is 10.2 Å². The van der Waals surface area contributed by atoms with E-state index in [0.29, 0.717) is 28.8 Å². The summed E-state index contributed by atoms with van der Waals surface area (Å²) >= 11 is 0. The minimum Gasteiger partial charge on any atom is -0.478 e. The molecule has 0 aliphatic rings. The highest BCUT2D eigenvalue weighted by molar-refractivity contribution is 5.98. The van der Waals surface area contributed by atoms with E-state index in [1.165, 1.54) is 18.2 Å². The van der Waals surface area contributed by atoms with Crippen molar-refractivity contribution in [2.45, 2.75) is 6.92 Å². The van der Waals surface area contributed by atoms with Gasteiger partial charge >= 0.3 is 0 Å². The van der Waals surface area contributed by atoms with Crippen molar-refractivity contribution in [2.75, 3.05) is 6.61 Å². The van der Waals surface area contributed by atoms with Gasteiger partial charge in [-0.05, 0) is 42.8 Å². The summed E-state index contributed by atoms with van der Waals surface area (Å²) in [6, 6.07) is 9.00. The van der Waals surface area contributed by atoms with Crippen LogP contribution >= 0.6 is 0 Å². The lowest BCUT2D eigenvalue weighted by Gasteiger charge is -2.05. The number of rotatable bonds is 4. The van der Waals surface area contributed by atoms with Gasteiger partial charge in [0.1, 0.15) is 11.3 Å². The molecule has 0 saturated carbocycles. The minimum atomic E-state index is -0.534. The van der Waals surface area contributed by atoms with Crippen molar-refractivity contribution in [1.82, 2.24) is 10.2 Å². The van der Waals surface area contributed by atoms with Crippen molar-refractivity contribution in [1.29, 1.82) is 5.41 Å². The molecule has 6 heteroatoms. The zero-order valence-electron chi connectivity index (χ0n) is 12.9. The SMILES string of the molecule is CCOC(=N)c1cc(F)c2n[nH]c(C=Cc3cccc(F)c3)c2c1. The van der Waals surface area contributed by atoms with Gasteiger partial charge in [0.2, 0.25) is 5.90 Å². The number of ether oxygens (including phenoxy) is 1. The van der Waals surface area contributed by atoms with E-state index in [0.717, 1.165) is 0 Å². The van der Waals surface area contributed by atoms with Gasteiger partial charge in [0.15, 0.2) is 5.82 Å². The maximum absolute atomic E-state index is 14.2. The molecule has 2 N–H and O–H groups in total. The largest absolute Gasteiger partial charge is 0.478 e. The normalized spacial score (nSPS) is 11.3. The fraction of sp³-hybridized carbons (Fsp3) is 0.111. The summed E-state index contributed by atoms with van der Waals surface area (Å²) in [5.41, 5.74) is 1.77. The molecule has 0 radical (unpaired) electrons. The Labute approximate surface area is 137 Å². The summed E-state index contributed by atoms with van der Waals surface area (Å²) in [5, 5.41) is 15.0. The Bertz CT molecular complexity index is 931. The molecule has 0 saturated heterocycles. The minimum absolute atomic E-state index is 0.0976. The van der Waals surface area contributed by atoms with Crippen LogP contribution < -0.4 is 0 Å². The van der Waals surface area contributed by atoms with Crippen LogP contribution in [0.4, 0.5) is 8.78 Å². The molecule has 0 atom stereocenters. The Morgan fingerprint density at radius 3 is 2.83 bits per heavy atom. The molecule has 0 aliphatic carbocycles. The Morgan fingerprint density at radius 1 is 1.25 bits per heavy atom. The number of H-pyrrole nitrogens is 1. The molecule has 2 aromatic carbocycles. The first kappa shape index (κ1) is 15.9. The summed E-state index contributed by atoms with van der Waals surface area (Å²) in [5.74, 6) is -0.960. The number of hydrogen-bond donors (Lipinski definition) is 2. The van der Waals surface area contributed by atoms with Gasteiger partial charge in [0.25, 0.3) is 0 Å². The first-order valence-corrected chi connectivity index (χ1v) is 7.41. The molecule has 0 bridgehead atoms.